The van der Waals surface area contributed by atoms with Crippen molar-refractivity contribution in [1.82, 2.24) is 10.2 Å². The molecule has 0 bridgehead atoms. The van der Waals surface area contributed by atoms with Crippen molar-refractivity contribution in [3.8, 4) is 5.75 Å². The van der Waals surface area contributed by atoms with E-state index in [-0.39, 0.29) is 0 Å². The van der Waals surface area contributed by atoms with Gasteiger partial charge in [-0.15, -0.1) is 11.3 Å². The maximum Gasteiger partial charge on any atom is 0.123 e. The predicted molar refractivity (Wildman–Crippen MR) is 93.1 cm³/mol. The van der Waals surface area contributed by atoms with E-state index in [0.717, 1.165) is 25.4 Å². The molecule has 21 heavy (non-hydrogen) atoms. The molecule has 0 spiro atoms. The standard InChI is InChI=1S/C16H21BrN2OS/c1-18-10-14-5-3-4-6-15(14)20-8-7-19(2)11-13-9-16(17)21-12-13/h3-6,9,12,18H,7-8,10-11H2,1-2H3. The zero-order chi connectivity index (χ0) is 15.1. The predicted octanol–water partition coefficient (Wildman–Crippen LogP) is 3.74. The fourth-order valence-corrected chi connectivity index (χ4v) is 3.31. The summed E-state index contributed by atoms with van der Waals surface area (Å²) in [6.07, 6.45) is 0. The molecule has 0 atom stereocenters. The van der Waals surface area contributed by atoms with Crippen molar-refractivity contribution < 1.29 is 4.74 Å². The van der Waals surface area contributed by atoms with Crippen molar-refractivity contribution >= 4 is 27.3 Å². The molecule has 3 nitrogen and oxygen atoms in total. The van der Waals surface area contributed by atoms with Gasteiger partial charge in [-0.05, 0) is 53.1 Å². The van der Waals surface area contributed by atoms with Gasteiger partial charge in [-0.1, -0.05) is 18.2 Å². The molecule has 1 aromatic heterocycles. The number of halogens is 1. The zero-order valence-corrected chi connectivity index (χ0v) is 14.8. The fraction of sp³-hybridized carbons (Fsp3) is 0.375. The number of para-hydroxylation sites is 1. The Morgan fingerprint density at radius 2 is 2.14 bits per heavy atom. The second-order valence-corrected chi connectivity index (χ2v) is 7.27. The lowest BCUT2D eigenvalue weighted by Crippen LogP contribution is -2.24. The topological polar surface area (TPSA) is 24.5 Å². The molecule has 1 aromatic carbocycles. The number of ether oxygens (including phenoxy) is 1. The second-order valence-electron chi connectivity index (χ2n) is 4.98. The van der Waals surface area contributed by atoms with Gasteiger partial charge in [0, 0.05) is 25.2 Å². The third kappa shape index (κ3) is 5.43. The van der Waals surface area contributed by atoms with Crippen LogP contribution in [0.5, 0.6) is 5.75 Å². The van der Waals surface area contributed by atoms with Gasteiger partial charge in [-0.25, -0.2) is 0 Å². The molecule has 0 radical (unpaired) electrons. The Bertz CT molecular complexity index is 559. The third-order valence-corrected chi connectivity index (χ3v) is 4.70. The van der Waals surface area contributed by atoms with Crippen LogP contribution in [0, 0.1) is 0 Å². The number of thiophene rings is 1. The Morgan fingerprint density at radius 3 is 2.86 bits per heavy atom. The normalized spacial score (nSPS) is 11.0. The minimum atomic E-state index is 0.697. The molecule has 0 unspecified atom stereocenters. The highest BCUT2D eigenvalue weighted by atomic mass is 79.9. The lowest BCUT2D eigenvalue weighted by molar-refractivity contribution is 0.231. The summed E-state index contributed by atoms with van der Waals surface area (Å²) in [5.41, 5.74) is 2.54. The first-order valence-electron chi connectivity index (χ1n) is 6.96. The largest absolute Gasteiger partial charge is 0.492 e. The first kappa shape index (κ1) is 16.5. The Kier molecular flexibility index (Phi) is 6.70. The lowest BCUT2D eigenvalue weighted by Gasteiger charge is -2.17. The molecular formula is C16H21BrN2OS. The molecule has 0 amide bonds. The number of benzene rings is 1. The van der Waals surface area contributed by atoms with Crippen molar-refractivity contribution in [3.05, 3.63) is 50.6 Å². The van der Waals surface area contributed by atoms with Crippen molar-refractivity contribution in [2.24, 2.45) is 0 Å². The van der Waals surface area contributed by atoms with Crippen LogP contribution >= 0.6 is 27.3 Å². The van der Waals surface area contributed by atoms with Crippen LogP contribution in [0.2, 0.25) is 0 Å². The van der Waals surface area contributed by atoms with Gasteiger partial charge >= 0.3 is 0 Å². The van der Waals surface area contributed by atoms with Gasteiger partial charge in [0.25, 0.3) is 0 Å². The number of nitrogens with one attached hydrogen (secondary N) is 1. The molecule has 0 aliphatic carbocycles. The molecule has 1 heterocycles. The summed E-state index contributed by atoms with van der Waals surface area (Å²) in [6, 6.07) is 10.4. The summed E-state index contributed by atoms with van der Waals surface area (Å²) in [7, 11) is 4.07. The first-order valence-corrected chi connectivity index (χ1v) is 8.63. The van der Waals surface area contributed by atoms with E-state index < -0.39 is 0 Å². The van der Waals surface area contributed by atoms with Crippen molar-refractivity contribution in [1.29, 1.82) is 0 Å². The number of likely N-dealkylation sites (N-methyl/N-ethyl adjacent to an activating group) is 1. The smallest absolute Gasteiger partial charge is 0.123 e. The van der Waals surface area contributed by atoms with E-state index >= 15 is 0 Å². The van der Waals surface area contributed by atoms with Gasteiger partial charge in [0.2, 0.25) is 0 Å². The van der Waals surface area contributed by atoms with Gasteiger partial charge in [0.15, 0.2) is 0 Å². The number of hydrogen-bond donors (Lipinski definition) is 1. The van der Waals surface area contributed by atoms with E-state index in [2.05, 4.69) is 50.7 Å². The highest BCUT2D eigenvalue weighted by molar-refractivity contribution is 9.11. The molecule has 5 heteroatoms. The molecule has 1 N–H and O–H groups in total. The van der Waals surface area contributed by atoms with Crippen LogP contribution in [0.4, 0.5) is 0 Å². The van der Waals surface area contributed by atoms with E-state index in [0.29, 0.717) is 6.61 Å². The molecule has 0 fully saturated rings. The van der Waals surface area contributed by atoms with Crippen LogP contribution in [0.15, 0.2) is 39.5 Å². The monoisotopic (exact) mass is 368 g/mol. The van der Waals surface area contributed by atoms with Gasteiger partial charge in [-0.3, -0.25) is 4.90 Å². The van der Waals surface area contributed by atoms with Gasteiger partial charge in [0.1, 0.15) is 12.4 Å². The van der Waals surface area contributed by atoms with Crippen LogP contribution in [0.3, 0.4) is 0 Å². The molecule has 114 valence electrons. The molecule has 2 rings (SSSR count). The van der Waals surface area contributed by atoms with E-state index in [4.69, 9.17) is 4.74 Å². The van der Waals surface area contributed by atoms with Crippen molar-refractivity contribution in [2.45, 2.75) is 13.1 Å². The maximum atomic E-state index is 5.91. The van der Waals surface area contributed by atoms with Crippen molar-refractivity contribution in [2.75, 3.05) is 27.2 Å². The summed E-state index contributed by atoms with van der Waals surface area (Å²) < 4.78 is 7.10. The van der Waals surface area contributed by atoms with Crippen LogP contribution in [0.25, 0.3) is 0 Å². The van der Waals surface area contributed by atoms with E-state index in [1.807, 2.05) is 25.2 Å². The third-order valence-electron chi connectivity index (χ3n) is 3.14. The molecule has 0 saturated carbocycles. The van der Waals surface area contributed by atoms with Crippen molar-refractivity contribution in [3.63, 3.8) is 0 Å². The minimum absolute atomic E-state index is 0.697. The minimum Gasteiger partial charge on any atom is -0.492 e. The van der Waals surface area contributed by atoms with Crippen LogP contribution in [0.1, 0.15) is 11.1 Å². The zero-order valence-electron chi connectivity index (χ0n) is 12.4. The Labute approximate surface area is 139 Å². The average molecular weight is 369 g/mol. The van der Waals surface area contributed by atoms with Crippen LogP contribution in [-0.2, 0) is 13.1 Å². The maximum absolute atomic E-state index is 5.91. The summed E-state index contributed by atoms with van der Waals surface area (Å²) in [4.78, 5) is 2.27. The van der Waals surface area contributed by atoms with Crippen LogP contribution < -0.4 is 10.1 Å². The van der Waals surface area contributed by atoms with E-state index in [1.165, 1.54) is 14.9 Å². The quantitative estimate of drug-likeness (QED) is 0.767. The highest BCUT2D eigenvalue weighted by Gasteiger charge is 2.05. The lowest BCUT2D eigenvalue weighted by atomic mass is 10.2. The molecule has 0 aliphatic heterocycles. The van der Waals surface area contributed by atoms with Gasteiger partial charge in [-0.2, -0.15) is 0 Å². The molecule has 2 aromatic rings. The van der Waals surface area contributed by atoms with E-state index in [1.54, 1.807) is 11.3 Å². The van der Waals surface area contributed by atoms with Gasteiger partial charge < -0.3 is 10.1 Å². The number of nitrogens with zero attached hydrogens (tertiary/aromatic N) is 1. The first-order chi connectivity index (χ1) is 10.2. The molecular weight excluding hydrogens is 348 g/mol. The summed E-state index contributed by atoms with van der Waals surface area (Å²) >= 11 is 5.22. The number of rotatable bonds is 8. The molecule has 0 aliphatic rings. The fourth-order valence-electron chi connectivity index (χ4n) is 2.11. The summed E-state index contributed by atoms with van der Waals surface area (Å²) in [5.74, 6) is 0.971. The van der Waals surface area contributed by atoms with Gasteiger partial charge in [0.05, 0.1) is 3.79 Å². The highest BCUT2D eigenvalue weighted by Crippen LogP contribution is 2.21. The SMILES string of the molecule is CNCc1ccccc1OCCN(C)Cc1csc(Br)c1. The Balaban J connectivity index is 1.78. The molecule has 0 saturated heterocycles. The van der Waals surface area contributed by atoms with E-state index in [9.17, 15) is 0 Å². The number of hydrogen-bond acceptors (Lipinski definition) is 4. The summed E-state index contributed by atoms with van der Waals surface area (Å²) in [6.45, 7) is 3.38. The Hall–Kier alpha value is -0.880. The Morgan fingerprint density at radius 1 is 1.33 bits per heavy atom. The second kappa shape index (κ2) is 8.54. The van der Waals surface area contributed by atoms with Crippen LogP contribution in [-0.4, -0.2) is 32.1 Å². The average Bonchev–Trinajstić information content (AvgIpc) is 2.86. The summed E-state index contributed by atoms with van der Waals surface area (Å²) in [5, 5.41) is 5.35.